The smallest absolute Gasteiger partial charge is 0.225 e. The van der Waals surface area contributed by atoms with Crippen LogP contribution in [0.4, 0.5) is 0 Å². The van der Waals surface area contributed by atoms with Gasteiger partial charge in [-0.05, 0) is 19.4 Å². The Morgan fingerprint density at radius 3 is 2.32 bits per heavy atom. The van der Waals surface area contributed by atoms with E-state index in [1.54, 1.807) is 0 Å². The zero-order chi connectivity index (χ0) is 16.4. The topological polar surface area (TPSA) is 73.5 Å². The minimum Gasteiger partial charge on any atom is -0.356 e. The molecule has 3 N–H and O–H groups in total. The Kier molecular flexibility index (Phi) is 8.42. The lowest BCUT2D eigenvalue weighted by atomic mass is 9.96. The van der Waals surface area contributed by atoms with Crippen LogP contribution in [0.2, 0.25) is 0 Å². The molecular formula is C16H32N4O2. The van der Waals surface area contributed by atoms with Gasteiger partial charge in [-0.15, -0.1) is 0 Å². The van der Waals surface area contributed by atoms with Crippen molar-refractivity contribution in [2.24, 2.45) is 5.41 Å². The van der Waals surface area contributed by atoms with Crippen molar-refractivity contribution in [1.29, 1.82) is 0 Å². The summed E-state index contributed by atoms with van der Waals surface area (Å²) in [5.41, 5.74) is -0.369. The van der Waals surface area contributed by atoms with Gasteiger partial charge in [0, 0.05) is 51.1 Å². The quantitative estimate of drug-likeness (QED) is 0.565. The first-order valence-corrected chi connectivity index (χ1v) is 8.37. The minimum absolute atomic E-state index is 0.0314. The number of amides is 2. The van der Waals surface area contributed by atoms with Gasteiger partial charge in [0.1, 0.15) is 0 Å². The highest BCUT2D eigenvalue weighted by Crippen LogP contribution is 2.12. The van der Waals surface area contributed by atoms with Crippen LogP contribution in [0.15, 0.2) is 0 Å². The van der Waals surface area contributed by atoms with Crippen molar-refractivity contribution >= 4 is 11.8 Å². The molecule has 6 nitrogen and oxygen atoms in total. The molecule has 0 unspecified atom stereocenters. The van der Waals surface area contributed by atoms with Crippen molar-refractivity contribution < 1.29 is 9.59 Å². The van der Waals surface area contributed by atoms with E-state index >= 15 is 0 Å². The van der Waals surface area contributed by atoms with E-state index < -0.39 is 0 Å². The van der Waals surface area contributed by atoms with Gasteiger partial charge >= 0.3 is 0 Å². The summed E-state index contributed by atoms with van der Waals surface area (Å²) in [5, 5.41) is 9.13. The fourth-order valence-electron chi connectivity index (χ4n) is 2.27. The third-order valence-electron chi connectivity index (χ3n) is 3.73. The SMILES string of the molecule is CC(C)(C)C(=O)NCCCC(=O)NCCCN1CCNCC1. The maximum absolute atomic E-state index is 11.7. The van der Waals surface area contributed by atoms with Crippen LogP contribution in [0.5, 0.6) is 0 Å². The second-order valence-electron chi connectivity index (χ2n) is 6.90. The molecule has 1 aliphatic rings. The van der Waals surface area contributed by atoms with Crippen LogP contribution in [-0.2, 0) is 9.59 Å². The second-order valence-corrected chi connectivity index (χ2v) is 6.90. The molecule has 0 aromatic carbocycles. The van der Waals surface area contributed by atoms with Crippen LogP contribution < -0.4 is 16.0 Å². The largest absolute Gasteiger partial charge is 0.356 e. The highest BCUT2D eigenvalue weighted by atomic mass is 16.2. The van der Waals surface area contributed by atoms with E-state index in [9.17, 15) is 9.59 Å². The number of hydrogen-bond donors (Lipinski definition) is 3. The fourth-order valence-corrected chi connectivity index (χ4v) is 2.27. The Morgan fingerprint density at radius 1 is 1.05 bits per heavy atom. The molecule has 0 bridgehead atoms. The summed E-state index contributed by atoms with van der Waals surface area (Å²) in [6.45, 7) is 12.3. The molecule has 0 saturated carbocycles. The van der Waals surface area contributed by atoms with Gasteiger partial charge in [-0.25, -0.2) is 0 Å². The predicted octanol–water partition coefficient (Wildman–Crippen LogP) is 0.340. The first-order chi connectivity index (χ1) is 10.4. The molecule has 0 aromatic heterocycles. The van der Waals surface area contributed by atoms with Gasteiger partial charge in [0.25, 0.3) is 0 Å². The molecule has 0 aromatic rings. The van der Waals surface area contributed by atoms with Crippen LogP contribution in [-0.4, -0.2) is 62.5 Å². The lowest BCUT2D eigenvalue weighted by Gasteiger charge is -2.27. The Hall–Kier alpha value is -1.14. The van der Waals surface area contributed by atoms with E-state index in [0.717, 1.165) is 45.7 Å². The first-order valence-electron chi connectivity index (χ1n) is 8.37. The Balaban J connectivity index is 1.96. The van der Waals surface area contributed by atoms with Crippen molar-refractivity contribution in [1.82, 2.24) is 20.9 Å². The van der Waals surface area contributed by atoms with Crippen LogP contribution in [0.3, 0.4) is 0 Å². The Bertz CT molecular complexity index is 347. The van der Waals surface area contributed by atoms with E-state index in [-0.39, 0.29) is 17.2 Å². The van der Waals surface area contributed by atoms with E-state index in [4.69, 9.17) is 0 Å². The summed E-state index contributed by atoms with van der Waals surface area (Å²) < 4.78 is 0. The third kappa shape index (κ3) is 8.34. The lowest BCUT2D eigenvalue weighted by Crippen LogP contribution is -2.44. The van der Waals surface area contributed by atoms with E-state index in [0.29, 0.717) is 19.4 Å². The van der Waals surface area contributed by atoms with Gasteiger partial charge in [0.15, 0.2) is 0 Å². The monoisotopic (exact) mass is 312 g/mol. The van der Waals surface area contributed by atoms with Gasteiger partial charge < -0.3 is 20.9 Å². The standard InChI is InChI=1S/C16H32N4O2/c1-16(2,3)15(22)19-7-4-6-14(21)18-8-5-11-20-12-9-17-10-13-20/h17H,4-13H2,1-3H3,(H,18,21)(H,19,22). The van der Waals surface area contributed by atoms with Crippen molar-refractivity contribution in [3.05, 3.63) is 0 Å². The average molecular weight is 312 g/mol. The summed E-state index contributed by atoms with van der Waals surface area (Å²) in [5.74, 6) is 0.106. The maximum Gasteiger partial charge on any atom is 0.225 e. The number of piperazine rings is 1. The van der Waals surface area contributed by atoms with Gasteiger partial charge in [-0.1, -0.05) is 20.8 Å². The van der Waals surface area contributed by atoms with Crippen LogP contribution in [0.25, 0.3) is 0 Å². The number of nitrogens with one attached hydrogen (secondary N) is 3. The molecular weight excluding hydrogens is 280 g/mol. The maximum atomic E-state index is 11.7. The number of nitrogens with zero attached hydrogens (tertiary/aromatic N) is 1. The lowest BCUT2D eigenvalue weighted by molar-refractivity contribution is -0.128. The highest BCUT2D eigenvalue weighted by Gasteiger charge is 2.20. The van der Waals surface area contributed by atoms with Gasteiger partial charge in [0.2, 0.25) is 11.8 Å². The van der Waals surface area contributed by atoms with E-state index in [2.05, 4.69) is 20.9 Å². The van der Waals surface area contributed by atoms with Crippen LogP contribution in [0, 0.1) is 5.41 Å². The molecule has 1 aliphatic heterocycles. The molecule has 0 aliphatic carbocycles. The summed E-state index contributed by atoms with van der Waals surface area (Å²) in [6, 6.07) is 0. The van der Waals surface area contributed by atoms with E-state index in [1.807, 2.05) is 20.8 Å². The second kappa shape index (κ2) is 9.79. The van der Waals surface area contributed by atoms with Crippen molar-refractivity contribution in [2.75, 3.05) is 45.8 Å². The van der Waals surface area contributed by atoms with Crippen molar-refractivity contribution in [3.63, 3.8) is 0 Å². The number of rotatable bonds is 8. The van der Waals surface area contributed by atoms with Crippen molar-refractivity contribution in [2.45, 2.75) is 40.0 Å². The summed E-state index contributed by atoms with van der Waals surface area (Å²) in [4.78, 5) is 25.8. The highest BCUT2D eigenvalue weighted by molar-refractivity contribution is 5.81. The Labute approximate surface area is 134 Å². The average Bonchev–Trinajstić information content (AvgIpc) is 2.48. The molecule has 128 valence electrons. The van der Waals surface area contributed by atoms with Gasteiger partial charge in [0.05, 0.1) is 0 Å². The third-order valence-corrected chi connectivity index (χ3v) is 3.73. The van der Waals surface area contributed by atoms with E-state index in [1.165, 1.54) is 0 Å². The van der Waals surface area contributed by atoms with Gasteiger partial charge in [-0.2, -0.15) is 0 Å². The zero-order valence-electron chi connectivity index (χ0n) is 14.3. The van der Waals surface area contributed by atoms with Crippen molar-refractivity contribution in [3.8, 4) is 0 Å². The molecule has 1 fully saturated rings. The molecule has 22 heavy (non-hydrogen) atoms. The molecule has 1 heterocycles. The number of carbonyl (C=O) groups is 2. The minimum atomic E-state index is -0.369. The molecule has 1 rings (SSSR count). The zero-order valence-corrected chi connectivity index (χ0v) is 14.3. The summed E-state index contributed by atoms with van der Waals surface area (Å²) in [7, 11) is 0. The molecule has 0 atom stereocenters. The molecule has 1 saturated heterocycles. The van der Waals surface area contributed by atoms with Crippen LogP contribution in [0.1, 0.15) is 40.0 Å². The number of hydrogen-bond acceptors (Lipinski definition) is 4. The van der Waals surface area contributed by atoms with Gasteiger partial charge in [-0.3, -0.25) is 9.59 Å². The number of carbonyl (C=O) groups excluding carboxylic acids is 2. The molecule has 0 spiro atoms. The predicted molar refractivity (Wildman–Crippen MR) is 88.6 cm³/mol. The molecule has 2 amide bonds. The summed E-state index contributed by atoms with van der Waals surface area (Å²) in [6.07, 6.45) is 2.15. The van der Waals surface area contributed by atoms with Crippen LogP contribution >= 0.6 is 0 Å². The fraction of sp³-hybridized carbons (Fsp3) is 0.875. The molecule has 0 radical (unpaired) electrons. The molecule has 6 heteroatoms. The Morgan fingerprint density at radius 2 is 1.68 bits per heavy atom. The normalized spacial score (nSPS) is 16.3. The first kappa shape index (κ1) is 18.9. The summed E-state index contributed by atoms with van der Waals surface area (Å²) >= 11 is 0.